The molecule has 3 heterocycles. The van der Waals surface area contributed by atoms with E-state index in [1.54, 1.807) is 0 Å². The van der Waals surface area contributed by atoms with E-state index in [0.717, 1.165) is 38.4 Å². The van der Waals surface area contributed by atoms with Gasteiger partial charge in [0.25, 0.3) is 5.91 Å². The molecule has 2 aliphatic heterocycles. The highest BCUT2D eigenvalue weighted by Crippen LogP contribution is 2.33. The van der Waals surface area contributed by atoms with Gasteiger partial charge in [-0.25, -0.2) is 0 Å². The van der Waals surface area contributed by atoms with Crippen LogP contribution in [0, 0.1) is 11.8 Å². The van der Waals surface area contributed by atoms with Crippen LogP contribution in [0.25, 0.3) is 0 Å². The fraction of sp³-hybridized carbons (Fsp3) is 0.526. The van der Waals surface area contributed by atoms with Gasteiger partial charge in [-0.3, -0.25) is 9.69 Å². The predicted molar refractivity (Wildman–Crippen MR) is 95.0 cm³/mol. The van der Waals surface area contributed by atoms with Gasteiger partial charge in [-0.15, -0.1) is 10.2 Å². The molecule has 1 amide bonds. The Morgan fingerprint density at radius 3 is 2.68 bits per heavy atom. The summed E-state index contributed by atoms with van der Waals surface area (Å²) in [6.45, 7) is 7.93. The van der Waals surface area contributed by atoms with Gasteiger partial charge < -0.3 is 9.88 Å². The van der Waals surface area contributed by atoms with Crippen molar-refractivity contribution in [3.63, 3.8) is 0 Å². The van der Waals surface area contributed by atoms with Gasteiger partial charge in [-0.2, -0.15) is 0 Å². The van der Waals surface area contributed by atoms with Crippen molar-refractivity contribution in [3.8, 4) is 0 Å². The molecule has 1 N–H and O–H groups in total. The average Bonchev–Trinajstić information content (AvgIpc) is 3.15. The average molecular weight is 339 g/mol. The van der Waals surface area contributed by atoms with Crippen LogP contribution < -0.4 is 5.32 Å². The van der Waals surface area contributed by atoms with Crippen molar-refractivity contribution in [2.75, 3.05) is 13.1 Å². The van der Waals surface area contributed by atoms with Crippen LogP contribution in [0.3, 0.4) is 0 Å². The summed E-state index contributed by atoms with van der Waals surface area (Å²) in [5.74, 6) is 2.48. The van der Waals surface area contributed by atoms with Crippen molar-refractivity contribution in [1.82, 2.24) is 25.0 Å². The van der Waals surface area contributed by atoms with E-state index in [1.807, 2.05) is 18.4 Å². The molecule has 0 bridgehead atoms. The highest BCUT2D eigenvalue weighted by molar-refractivity contribution is 5.90. The van der Waals surface area contributed by atoms with Crippen molar-refractivity contribution in [2.45, 2.75) is 39.4 Å². The summed E-state index contributed by atoms with van der Waals surface area (Å²) in [6.07, 6.45) is 0.915. The Balaban J connectivity index is 1.45. The van der Waals surface area contributed by atoms with E-state index in [1.165, 1.54) is 5.56 Å². The van der Waals surface area contributed by atoms with Crippen molar-refractivity contribution in [2.24, 2.45) is 11.8 Å². The zero-order valence-electron chi connectivity index (χ0n) is 14.9. The number of nitrogens with zero attached hydrogens (tertiary/aromatic N) is 4. The second-order valence-electron chi connectivity index (χ2n) is 7.58. The van der Waals surface area contributed by atoms with Gasteiger partial charge in [-0.05, 0) is 31.2 Å². The van der Waals surface area contributed by atoms with E-state index in [4.69, 9.17) is 0 Å². The first-order valence-corrected chi connectivity index (χ1v) is 9.09. The molecule has 132 valence electrons. The Labute approximate surface area is 148 Å². The van der Waals surface area contributed by atoms with Crippen LogP contribution >= 0.6 is 0 Å². The Hall–Kier alpha value is -2.21. The summed E-state index contributed by atoms with van der Waals surface area (Å²) >= 11 is 0. The molecule has 0 aliphatic carbocycles. The molecular formula is C19H25N5O. The van der Waals surface area contributed by atoms with E-state index in [0.29, 0.717) is 17.7 Å². The van der Waals surface area contributed by atoms with E-state index >= 15 is 0 Å². The molecule has 6 nitrogen and oxygen atoms in total. The second kappa shape index (κ2) is 6.59. The SMILES string of the molecule is CC(C)NC(=O)c1nnc2n1C[C@H]1CN(Cc3ccccc3)C[C@@H]1C2. The van der Waals surface area contributed by atoms with Gasteiger partial charge in [0.05, 0.1) is 0 Å². The molecule has 0 unspecified atom stereocenters. The maximum atomic E-state index is 12.3. The number of amides is 1. The first-order valence-electron chi connectivity index (χ1n) is 9.09. The first-order chi connectivity index (χ1) is 12.1. The third-order valence-electron chi connectivity index (χ3n) is 5.21. The maximum absolute atomic E-state index is 12.3. The molecule has 1 saturated heterocycles. The number of carbonyl (C=O) groups excluding carboxylic acids is 1. The third-order valence-corrected chi connectivity index (χ3v) is 5.21. The van der Waals surface area contributed by atoms with E-state index in [-0.39, 0.29) is 11.9 Å². The number of nitrogens with one attached hydrogen (secondary N) is 1. The second-order valence-corrected chi connectivity index (χ2v) is 7.58. The summed E-state index contributed by atoms with van der Waals surface area (Å²) in [7, 11) is 0. The minimum absolute atomic E-state index is 0.102. The lowest BCUT2D eigenvalue weighted by Gasteiger charge is -2.25. The summed E-state index contributed by atoms with van der Waals surface area (Å²) < 4.78 is 2.03. The summed E-state index contributed by atoms with van der Waals surface area (Å²) in [5, 5.41) is 11.4. The number of carbonyl (C=O) groups is 1. The zero-order chi connectivity index (χ0) is 17.4. The highest BCUT2D eigenvalue weighted by atomic mass is 16.2. The highest BCUT2D eigenvalue weighted by Gasteiger charge is 2.39. The van der Waals surface area contributed by atoms with E-state index in [9.17, 15) is 4.79 Å². The van der Waals surface area contributed by atoms with Crippen molar-refractivity contribution in [1.29, 1.82) is 0 Å². The first kappa shape index (κ1) is 16.3. The number of likely N-dealkylation sites (tertiary alicyclic amines) is 1. The van der Waals surface area contributed by atoms with Crippen LogP contribution in [0.15, 0.2) is 30.3 Å². The maximum Gasteiger partial charge on any atom is 0.289 e. The molecule has 0 radical (unpaired) electrons. The lowest BCUT2D eigenvalue weighted by molar-refractivity contribution is 0.0924. The summed E-state index contributed by atoms with van der Waals surface area (Å²) in [4.78, 5) is 14.9. The van der Waals surface area contributed by atoms with Gasteiger partial charge >= 0.3 is 0 Å². The molecule has 6 heteroatoms. The molecule has 2 aromatic rings. The summed E-state index contributed by atoms with van der Waals surface area (Å²) in [6, 6.07) is 10.7. The fourth-order valence-corrected chi connectivity index (χ4v) is 4.09. The molecular weight excluding hydrogens is 314 g/mol. The number of benzene rings is 1. The van der Waals surface area contributed by atoms with E-state index < -0.39 is 0 Å². The number of aromatic nitrogens is 3. The summed E-state index contributed by atoms with van der Waals surface area (Å²) in [5.41, 5.74) is 1.36. The van der Waals surface area contributed by atoms with Crippen LogP contribution in [-0.4, -0.2) is 44.7 Å². The molecule has 4 rings (SSSR count). The lowest BCUT2D eigenvalue weighted by Crippen LogP contribution is -2.35. The molecule has 0 spiro atoms. The van der Waals surface area contributed by atoms with E-state index in [2.05, 4.69) is 50.7 Å². The van der Waals surface area contributed by atoms with Crippen LogP contribution in [0.2, 0.25) is 0 Å². The minimum atomic E-state index is -0.119. The van der Waals surface area contributed by atoms with Gasteiger partial charge in [-0.1, -0.05) is 30.3 Å². The Bertz CT molecular complexity index is 754. The van der Waals surface area contributed by atoms with Gasteiger partial charge in [0, 0.05) is 38.6 Å². The largest absolute Gasteiger partial charge is 0.347 e. The number of hydrogen-bond donors (Lipinski definition) is 1. The topological polar surface area (TPSA) is 63.1 Å². The number of rotatable bonds is 4. The minimum Gasteiger partial charge on any atom is -0.347 e. The smallest absolute Gasteiger partial charge is 0.289 e. The monoisotopic (exact) mass is 339 g/mol. The Morgan fingerprint density at radius 2 is 1.92 bits per heavy atom. The normalized spacial score (nSPS) is 22.7. The van der Waals surface area contributed by atoms with Crippen molar-refractivity contribution in [3.05, 3.63) is 47.5 Å². The fourth-order valence-electron chi connectivity index (χ4n) is 4.09. The molecule has 1 fully saturated rings. The predicted octanol–water partition coefficient (Wildman–Crippen LogP) is 1.72. The number of fused-ring (bicyclic) bond motifs is 2. The molecule has 1 aromatic carbocycles. The van der Waals surface area contributed by atoms with Crippen LogP contribution in [0.1, 0.15) is 35.9 Å². The van der Waals surface area contributed by atoms with Crippen molar-refractivity contribution < 1.29 is 4.79 Å². The third kappa shape index (κ3) is 3.31. The van der Waals surface area contributed by atoms with Gasteiger partial charge in [0.15, 0.2) is 0 Å². The molecule has 0 saturated carbocycles. The van der Waals surface area contributed by atoms with Crippen LogP contribution in [0.4, 0.5) is 0 Å². The molecule has 25 heavy (non-hydrogen) atoms. The molecule has 2 atom stereocenters. The van der Waals surface area contributed by atoms with Crippen molar-refractivity contribution >= 4 is 5.91 Å². The lowest BCUT2D eigenvalue weighted by atomic mass is 9.89. The molecule has 2 aliphatic rings. The number of hydrogen-bond acceptors (Lipinski definition) is 4. The standard InChI is InChI=1S/C19H25N5O/c1-13(2)20-19(25)18-22-21-17-8-15-10-23(11-16(15)12-24(17)18)9-14-6-4-3-5-7-14/h3-7,13,15-16H,8-12H2,1-2H3,(H,20,25)/t15-,16+/m0/s1. The quantitative estimate of drug-likeness (QED) is 0.921. The van der Waals surface area contributed by atoms with Crippen LogP contribution in [0.5, 0.6) is 0 Å². The Kier molecular flexibility index (Phi) is 4.29. The van der Waals surface area contributed by atoms with Gasteiger partial charge in [0.1, 0.15) is 5.82 Å². The zero-order valence-corrected chi connectivity index (χ0v) is 14.9. The van der Waals surface area contributed by atoms with Crippen LogP contribution in [-0.2, 0) is 19.5 Å². The van der Waals surface area contributed by atoms with Gasteiger partial charge in [0.2, 0.25) is 5.82 Å². The molecule has 1 aromatic heterocycles. The Morgan fingerprint density at radius 1 is 1.16 bits per heavy atom.